The molecular weight excluding hydrogens is 246 g/mol. The number of nitrogens with two attached hydrogens (primary N) is 1. The highest BCUT2D eigenvalue weighted by atomic mass is 16.6. The monoisotopic (exact) mass is 259 g/mol. The van der Waals surface area contributed by atoms with Gasteiger partial charge in [-0.1, -0.05) is 6.07 Å². The van der Waals surface area contributed by atoms with Gasteiger partial charge in [0.1, 0.15) is 11.9 Å². The van der Waals surface area contributed by atoms with E-state index < -0.39 is 4.92 Å². The van der Waals surface area contributed by atoms with E-state index in [1.807, 2.05) is 12.1 Å². The Morgan fingerprint density at radius 1 is 1.37 bits per heavy atom. The lowest BCUT2D eigenvalue weighted by Crippen LogP contribution is -2.06. The maximum atomic E-state index is 10.7. The van der Waals surface area contributed by atoms with E-state index in [1.165, 1.54) is 18.2 Å². The van der Waals surface area contributed by atoms with Gasteiger partial charge >= 0.3 is 0 Å². The van der Waals surface area contributed by atoms with Gasteiger partial charge in [0, 0.05) is 12.3 Å². The molecule has 2 rings (SSSR count). The highest BCUT2D eigenvalue weighted by Gasteiger charge is 2.14. The minimum absolute atomic E-state index is 0.0579. The smallest absolute Gasteiger partial charge is 0.273 e. The molecule has 0 spiro atoms. The van der Waals surface area contributed by atoms with E-state index in [0.717, 1.165) is 5.69 Å². The molecule has 19 heavy (non-hydrogen) atoms. The molecule has 0 aliphatic carbocycles. The van der Waals surface area contributed by atoms with Crippen LogP contribution < -0.4 is 10.5 Å². The van der Waals surface area contributed by atoms with E-state index in [0.29, 0.717) is 5.69 Å². The zero-order chi connectivity index (χ0) is 13.8. The van der Waals surface area contributed by atoms with Crippen molar-refractivity contribution < 1.29 is 9.66 Å². The number of rotatable bonds is 4. The van der Waals surface area contributed by atoms with Gasteiger partial charge in [0.05, 0.1) is 22.4 Å². The Morgan fingerprint density at radius 2 is 2.16 bits per heavy atom. The van der Waals surface area contributed by atoms with Crippen LogP contribution in [-0.4, -0.2) is 9.91 Å². The second kappa shape index (κ2) is 5.34. The number of ether oxygens (including phenoxy) is 1. The molecule has 1 aromatic carbocycles. The number of nitrogens with zero attached hydrogens (tertiary/aromatic N) is 2. The van der Waals surface area contributed by atoms with Crippen molar-refractivity contribution in [1.29, 1.82) is 0 Å². The van der Waals surface area contributed by atoms with Gasteiger partial charge in [0.2, 0.25) is 0 Å². The molecule has 0 aliphatic heterocycles. The number of hydrogen-bond acceptors (Lipinski definition) is 5. The summed E-state index contributed by atoms with van der Waals surface area (Å²) in [4.78, 5) is 14.4. The van der Waals surface area contributed by atoms with E-state index in [9.17, 15) is 10.1 Å². The molecule has 0 amide bonds. The molecule has 1 atom stereocenters. The Kier molecular flexibility index (Phi) is 3.61. The van der Waals surface area contributed by atoms with Crippen LogP contribution in [-0.2, 0) is 0 Å². The highest BCUT2D eigenvalue weighted by Crippen LogP contribution is 2.30. The van der Waals surface area contributed by atoms with Crippen molar-refractivity contribution in [2.24, 2.45) is 0 Å². The van der Waals surface area contributed by atoms with Gasteiger partial charge < -0.3 is 10.5 Å². The predicted octanol–water partition coefficient (Wildman–Crippen LogP) is 2.71. The lowest BCUT2D eigenvalue weighted by Gasteiger charge is -2.15. The van der Waals surface area contributed by atoms with Crippen LogP contribution in [0.2, 0.25) is 0 Å². The topological polar surface area (TPSA) is 91.3 Å². The number of non-ortho nitro benzene ring substituents is 1. The normalized spacial score (nSPS) is 11.8. The summed E-state index contributed by atoms with van der Waals surface area (Å²) < 4.78 is 5.63. The lowest BCUT2D eigenvalue weighted by atomic mass is 10.2. The van der Waals surface area contributed by atoms with Gasteiger partial charge in [0.15, 0.2) is 0 Å². The van der Waals surface area contributed by atoms with Crippen molar-refractivity contribution in [1.82, 2.24) is 4.98 Å². The Morgan fingerprint density at radius 3 is 2.79 bits per heavy atom. The Hall–Kier alpha value is -2.63. The molecule has 0 aliphatic rings. The third-order valence-electron chi connectivity index (χ3n) is 2.62. The minimum Gasteiger partial charge on any atom is -0.482 e. The van der Waals surface area contributed by atoms with E-state index in [4.69, 9.17) is 10.5 Å². The summed E-state index contributed by atoms with van der Waals surface area (Å²) in [5.74, 6) is 0.285. The minimum atomic E-state index is -0.488. The standard InChI is InChI=1S/C13H13N3O3/c1-9(12-4-2-3-7-15-12)19-13-8-10(16(17)18)5-6-11(13)14/h2-9H,14H2,1H3. The molecule has 0 saturated heterocycles. The molecule has 1 aromatic heterocycles. The third kappa shape index (κ3) is 2.98. The van der Waals surface area contributed by atoms with Gasteiger partial charge in [-0.05, 0) is 25.1 Å². The van der Waals surface area contributed by atoms with Gasteiger partial charge in [-0.3, -0.25) is 15.1 Å². The molecule has 0 bridgehead atoms. The van der Waals surface area contributed by atoms with Gasteiger partial charge in [-0.15, -0.1) is 0 Å². The number of aromatic nitrogens is 1. The molecule has 98 valence electrons. The van der Waals surface area contributed by atoms with Crippen molar-refractivity contribution in [2.75, 3.05) is 5.73 Å². The van der Waals surface area contributed by atoms with Crippen LogP contribution >= 0.6 is 0 Å². The van der Waals surface area contributed by atoms with E-state index in [1.54, 1.807) is 19.2 Å². The summed E-state index contributed by atoms with van der Waals surface area (Å²) in [5, 5.41) is 10.7. The van der Waals surface area contributed by atoms with Crippen LogP contribution in [0.3, 0.4) is 0 Å². The van der Waals surface area contributed by atoms with Crippen LogP contribution in [0.5, 0.6) is 5.75 Å². The SMILES string of the molecule is CC(Oc1cc([N+](=O)[O-])ccc1N)c1ccccn1. The highest BCUT2D eigenvalue weighted by molar-refractivity contribution is 5.57. The maximum Gasteiger partial charge on any atom is 0.273 e. The van der Waals surface area contributed by atoms with Gasteiger partial charge in [-0.2, -0.15) is 0 Å². The van der Waals surface area contributed by atoms with E-state index in [-0.39, 0.29) is 17.5 Å². The Balaban J connectivity index is 2.23. The largest absolute Gasteiger partial charge is 0.482 e. The predicted molar refractivity (Wildman–Crippen MR) is 70.8 cm³/mol. The summed E-state index contributed by atoms with van der Waals surface area (Å²) >= 11 is 0. The van der Waals surface area contributed by atoms with Crippen molar-refractivity contribution in [3.63, 3.8) is 0 Å². The number of nitrogen functional groups attached to an aromatic ring is 1. The second-order valence-electron chi connectivity index (χ2n) is 3.99. The van der Waals surface area contributed by atoms with Crippen LogP contribution in [0.25, 0.3) is 0 Å². The van der Waals surface area contributed by atoms with Crippen molar-refractivity contribution >= 4 is 11.4 Å². The zero-order valence-corrected chi connectivity index (χ0v) is 10.3. The fourth-order valence-electron chi connectivity index (χ4n) is 1.61. The second-order valence-corrected chi connectivity index (χ2v) is 3.99. The molecule has 1 heterocycles. The molecule has 0 radical (unpaired) electrons. The van der Waals surface area contributed by atoms with Crippen LogP contribution in [0.15, 0.2) is 42.6 Å². The third-order valence-corrected chi connectivity index (χ3v) is 2.62. The Bertz CT molecular complexity index is 587. The first-order valence-electron chi connectivity index (χ1n) is 5.69. The maximum absolute atomic E-state index is 10.7. The van der Waals surface area contributed by atoms with Crippen molar-refractivity contribution in [3.8, 4) is 5.75 Å². The summed E-state index contributed by atoms with van der Waals surface area (Å²) in [6.45, 7) is 1.81. The Labute approximate surface area is 110 Å². The summed E-state index contributed by atoms with van der Waals surface area (Å²) in [5.41, 5.74) is 6.78. The molecule has 0 fully saturated rings. The molecule has 6 heteroatoms. The summed E-state index contributed by atoms with van der Waals surface area (Å²) in [7, 11) is 0. The first-order chi connectivity index (χ1) is 9.08. The zero-order valence-electron chi connectivity index (χ0n) is 10.3. The van der Waals surface area contributed by atoms with Crippen molar-refractivity contribution in [3.05, 3.63) is 58.4 Å². The summed E-state index contributed by atoms with van der Waals surface area (Å²) in [6, 6.07) is 9.58. The van der Waals surface area contributed by atoms with E-state index in [2.05, 4.69) is 4.98 Å². The number of benzene rings is 1. The molecule has 6 nitrogen and oxygen atoms in total. The van der Waals surface area contributed by atoms with Crippen LogP contribution in [0.1, 0.15) is 18.7 Å². The number of nitro groups is 1. The molecule has 0 saturated carbocycles. The number of anilines is 1. The number of nitro benzene ring substituents is 1. The van der Waals surface area contributed by atoms with Gasteiger partial charge in [-0.25, -0.2) is 0 Å². The molecule has 2 aromatic rings. The summed E-state index contributed by atoms with van der Waals surface area (Å²) in [6.07, 6.45) is 1.32. The van der Waals surface area contributed by atoms with Crippen LogP contribution in [0, 0.1) is 10.1 Å². The average Bonchev–Trinajstić information content (AvgIpc) is 2.42. The molecule has 2 N–H and O–H groups in total. The quantitative estimate of drug-likeness (QED) is 0.517. The van der Waals surface area contributed by atoms with E-state index >= 15 is 0 Å². The fraction of sp³-hybridized carbons (Fsp3) is 0.154. The first kappa shape index (κ1) is 12.8. The first-order valence-corrected chi connectivity index (χ1v) is 5.69. The van der Waals surface area contributed by atoms with Crippen molar-refractivity contribution in [2.45, 2.75) is 13.0 Å². The van der Waals surface area contributed by atoms with Gasteiger partial charge in [0.25, 0.3) is 5.69 Å². The lowest BCUT2D eigenvalue weighted by molar-refractivity contribution is -0.384. The molecule has 1 unspecified atom stereocenters. The molecular formula is C13H13N3O3. The van der Waals surface area contributed by atoms with Crippen LogP contribution in [0.4, 0.5) is 11.4 Å². The number of pyridine rings is 1. The fourth-order valence-corrected chi connectivity index (χ4v) is 1.61. The number of hydrogen-bond donors (Lipinski definition) is 1. The average molecular weight is 259 g/mol.